The molecule has 1 aliphatic carbocycles. The van der Waals surface area contributed by atoms with Crippen LogP contribution in [-0.2, 0) is 0 Å². The van der Waals surface area contributed by atoms with Crippen LogP contribution in [0.5, 0.6) is 0 Å². The van der Waals surface area contributed by atoms with Crippen LogP contribution in [-0.4, -0.2) is 7.25 Å². The first-order valence-electron chi connectivity index (χ1n) is 4.19. The molecule has 0 aromatic heterocycles. The molecule has 0 heterocycles. The molecule has 0 fully saturated rings. The molecule has 0 aromatic carbocycles. The Morgan fingerprint density at radius 3 is 1.46 bits per heavy atom. The van der Waals surface area contributed by atoms with Gasteiger partial charge in [-0.25, -0.2) is 0 Å². The number of allylic oxidation sites excluding steroid dienone is 4. The van der Waals surface area contributed by atoms with Crippen molar-refractivity contribution in [1.82, 2.24) is 0 Å². The molecule has 1 rings (SSSR count). The van der Waals surface area contributed by atoms with Crippen LogP contribution < -0.4 is 0 Å². The number of hydrogen-bond acceptors (Lipinski definition) is 0. The van der Waals surface area contributed by atoms with Crippen LogP contribution in [0, 0.1) is 0 Å². The van der Waals surface area contributed by atoms with Gasteiger partial charge in [-0.3, -0.25) is 0 Å². The molecule has 0 aliphatic heterocycles. The third kappa shape index (κ3) is 18.3. The van der Waals surface area contributed by atoms with Gasteiger partial charge in [-0.05, 0) is 25.7 Å². The Balaban J connectivity index is 0. The zero-order valence-electron chi connectivity index (χ0n) is 8.23. The van der Waals surface area contributed by atoms with E-state index in [0.717, 1.165) is 0 Å². The fourth-order valence-corrected chi connectivity index (χ4v) is 0.874. The lowest BCUT2D eigenvalue weighted by Crippen LogP contribution is -2.02. The fraction of sp³-hybridized carbons (Fsp3) is 0.500. The minimum absolute atomic E-state index is 0. The summed E-state index contributed by atoms with van der Waals surface area (Å²) >= 11 is 0. The molecule has 0 N–H and O–H groups in total. The summed E-state index contributed by atoms with van der Waals surface area (Å²) in [6, 6.07) is 0. The van der Waals surface area contributed by atoms with Crippen LogP contribution in [0.15, 0.2) is 24.3 Å². The normalized spacial score (nSPS) is 16.9. The molecule has 0 saturated carbocycles. The van der Waals surface area contributed by atoms with Gasteiger partial charge in [-0.1, -0.05) is 24.3 Å². The van der Waals surface area contributed by atoms with Crippen molar-refractivity contribution in [1.29, 1.82) is 0 Å². The summed E-state index contributed by atoms with van der Waals surface area (Å²) in [6.45, 7) is 0. The van der Waals surface area contributed by atoms with Crippen molar-refractivity contribution in [2.24, 2.45) is 0 Å². The molecule has 5 heteroatoms. The lowest BCUT2D eigenvalue weighted by atomic mass is 10.1. The summed E-state index contributed by atoms with van der Waals surface area (Å²) < 4.78 is 39.0. The first-order chi connectivity index (χ1) is 6.00. The molecule has 76 valence electrons. The Morgan fingerprint density at radius 1 is 0.846 bits per heavy atom. The van der Waals surface area contributed by atoms with Gasteiger partial charge in [0.25, 0.3) is 0 Å². The third-order valence-corrected chi connectivity index (χ3v) is 1.37. The first-order valence-corrected chi connectivity index (χ1v) is 4.19. The summed E-state index contributed by atoms with van der Waals surface area (Å²) in [5.74, 6) is 0. The zero-order chi connectivity index (χ0) is 10.2. The highest BCUT2D eigenvalue weighted by Crippen LogP contribution is 2.06. The van der Waals surface area contributed by atoms with Gasteiger partial charge in [0.1, 0.15) is 0 Å². The highest BCUT2D eigenvalue weighted by atomic mass is 19.5. The summed E-state index contributed by atoms with van der Waals surface area (Å²) in [5.41, 5.74) is 0. The van der Waals surface area contributed by atoms with E-state index in [0.29, 0.717) is 0 Å². The Labute approximate surface area is 76.9 Å². The van der Waals surface area contributed by atoms with E-state index in [-0.39, 0.29) is 1.43 Å². The maximum Gasteiger partial charge on any atom is 1.00 e. The van der Waals surface area contributed by atoms with E-state index in [4.69, 9.17) is 0 Å². The van der Waals surface area contributed by atoms with Gasteiger partial charge >= 0.3 is 8.68 Å². The van der Waals surface area contributed by atoms with Gasteiger partial charge in [0.2, 0.25) is 0 Å². The second-order valence-corrected chi connectivity index (χ2v) is 2.64. The molecule has 0 aromatic rings. The van der Waals surface area contributed by atoms with E-state index in [1.54, 1.807) is 0 Å². The predicted octanol–water partition coefficient (Wildman–Crippen LogP) is 4.09. The maximum atomic E-state index is 9.75. The van der Waals surface area contributed by atoms with E-state index >= 15 is 0 Å². The van der Waals surface area contributed by atoms with Crippen LogP contribution in [0.1, 0.15) is 27.1 Å². The number of rotatable bonds is 0. The molecular weight excluding hydrogens is 183 g/mol. The molecule has 0 saturated heterocycles. The molecular formula is C8H13BF4. The Kier molecular flexibility index (Phi) is 6.36. The Hall–Kier alpha value is -0.735. The average Bonchev–Trinajstić information content (AvgIpc) is 1.79. The fourth-order valence-electron chi connectivity index (χ4n) is 0.874. The van der Waals surface area contributed by atoms with Crippen molar-refractivity contribution in [2.45, 2.75) is 25.7 Å². The van der Waals surface area contributed by atoms with Crippen LogP contribution in [0.2, 0.25) is 0 Å². The third-order valence-electron chi connectivity index (χ3n) is 1.37. The van der Waals surface area contributed by atoms with Crippen molar-refractivity contribution in [2.75, 3.05) is 0 Å². The van der Waals surface area contributed by atoms with Crippen molar-refractivity contribution in [3.05, 3.63) is 24.3 Å². The standard InChI is InChI=1S/C8H12.BF4/c1-2-4-6-8-7-5-3-1;2-1(3,4)5/h1-4H,5-8H2;/q;-1/p+1. The van der Waals surface area contributed by atoms with E-state index in [2.05, 4.69) is 24.3 Å². The molecule has 0 nitrogen and oxygen atoms in total. The van der Waals surface area contributed by atoms with E-state index in [1.807, 2.05) is 0 Å². The van der Waals surface area contributed by atoms with Gasteiger partial charge in [0, 0.05) is 0 Å². The Bertz CT molecular complexity index is 157. The molecule has 0 amide bonds. The van der Waals surface area contributed by atoms with Gasteiger partial charge < -0.3 is 17.3 Å². The Morgan fingerprint density at radius 2 is 1.15 bits per heavy atom. The topological polar surface area (TPSA) is 0 Å². The van der Waals surface area contributed by atoms with Crippen molar-refractivity contribution in [3.8, 4) is 0 Å². The van der Waals surface area contributed by atoms with Crippen molar-refractivity contribution in [3.63, 3.8) is 0 Å². The highest BCUT2D eigenvalue weighted by molar-refractivity contribution is 6.50. The van der Waals surface area contributed by atoms with Crippen LogP contribution in [0.4, 0.5) is 17.3 Å². The zero-order valence-corrected chi connectivity index (χ0v) is 7.23. The minimum atomic E-state index is -6.00. The molecule has 0 atom stereocenters. The quantitative estimate of drug-likeness (QED) is 0.404. The van der Waals surface area contributed by atoms with Gasteiger partial charge in [0.05, 0.1) is 0 Å². The molecule has 0 unspecified atom stereocenters. The predicted molar refractivity (Wildman–Crippen MR) is 48.0 cm³/mol. The van der Waals surface area contributed by atoms with Crippen molar-refractivity contribution >= 4 is 7.25 Å². The van der Waals surface area contributed by atoms with Gasteiger partial charge in [0.15, 0.2) is 0 Å². The molecule has 1 aliphatic rings. The van der Waals surface area contributed by atoms with Gasteiger partial charge in [-0.2, -0.15) is 0 Å². The smallest absolute Gasteiger partial charge is 0.418 e. The molecule has 0 radical (unpaired) electrons. The minimum Gasteiger partial charge on any atom is -0.418 e. The van der Waals surface area contributed by atoms with Crippen molar-refractivity contribution < 1.29 is 18.7 Å². The molecule has 13 heavy (non-hydrogen) atoms. The van der Waals surface area contributed by atoms with Crippen LogP contribution in [0.3, 0.4) is 0 Å². The summed E-state index contributed by atoms with van der Waals surface area (Å²) in [5, 5.41) is 0. The molecule has 0 bridgehead atoms. The van der Waals surface area contributed by atoms with Crippen LogP contribution >= 0.6 is 0 Å². The SMILES string of the molecule is C1=CCCCCC=C1.F[B-](F)(F)F.[H+]. The van der Waals surface area contributed by atoms with Crippen LogP contribution in [0.25, 0.3) is 0 Å². The number of hydrogen-bond donors (Lipinski definition) is 0. The lowest BCUT2D eigenvalue weighted by molar-refractivity contribution is 0.368. The highest BCUT2D eigenvalue weighted by Gasteiger charge is 2.20. The average molecular weight is 196 g/mol. The van der Waals surface area contributed by atoms with E-state index in [1.165, 1.54) is 25.7 Å². The summed E-state index contributed by atoms with van der Waals surface area (Å²) in [7, 11) is -6.00. The maximum absolute atomic E-state index is 9.75. The van der Waals surface area contributed by atoms with E-state index in [9.17, 15) is 17.3 Å². The number of halogens is 4. The second kappa shape index (κ2) is 6.75. The van der Waals surface area contributed by atoms with E-state index < -0.39 is 7.25 Å². The monoisotopic (exact) mass is 196 g/mol. The molecule has 0 spiro atoms. The summed E-state index contributed by atoms with van der Waals surface area (Å²) in [6.07, 6.45) is 14.0. The van der Waals surface area contributed by atoms with Gasteiger partial charge in [-0.15, -0.1) is 0 Å². The summed E-state index contributed by atoms with van der Waals surface area (Å²) in [4.78, 5) is 0. The first kappa shape index (κ1) is 12.3. The second-order valence-electron chi connectivity index (χ2n) is 2.64. The largest absolute Gasteiger partial charge is 1.00 e. The lowest BCUT2D eigenvalue weighted by Gasteiger charge is -1.94.